The molecule has 1 fully saturated rings. The Morgan fingerprint density at radius 2 is 2.16 bits per heavy atom. The summed E-state index contributed by atoms with van der Waals surface area (Å²) >= 11 is 0. The van der Waals surface area contributed by atoms with Crippen molar-refractivity contribution >= 4 is 0 Å². The summed E-state index contributed by atoms with van der Waals surface area (Å²) in [7, 11) is 0. The summed E-state index contributed by atoms with van der Waals surface area (Å²) in [5, 5.41) is 10.3. The van der Waals surface area contributed by atoms with Gasteiger partial charge in [-0.25, -0.2) is 0 Å². The molecule has 0 radical (unpaired) electrons. The van der Waals surface area contributed by atoms with Gasteiger partial charge in [-0.15, -0.1) is 0 Å². The Morgan fingerprint density at radius 3 is 2.74 bits per heavy atom. The summed E-state index contributed by atoms with van der Waals surface area (Å²) < 4.78 is 44.3. The van der Waals surface area contributed by atoms with E-state index in [0.29, 0.717) is 13.0 Å². The van der Waals surface area contributed by atoms with E-state index in [9.17, 15) is 18.3 Å². The molecule has 1 aromatic rings. The summed E-state index contributed by atoms with van der Waals surface area (Å²) in [6.45, 7) is 2.10. The number of aromatic nitrogens is 1. The average molecular weight is 275 g/mol. The molecule has 6 heteroatoms. The van der Waals surface area contributed by atoms with Gasteiger partial charge in [0.05, 0.1) is 11.2 Å². The van der Waals surface area contributed by atoms with Gasteiger partial charge in [-0.1, -0.05) is 0 Å². The number of ether oxygens (including phenoxy) is 1. The first-order chi connectivity index (χ1) is 8.84. The maximum atomic E-state index is 12.9. The van der Waals surface area contributed by atoms with Crippen LogP contribution in [0.15, 0.2) is 18.5 Å². The highest BCUT2D eigenvalue weighted by molar-refractivity contribution is 5.30. The Bertz CT molecular complexity index is 442. The minimum atomic E-state index is -4.51. The van der Waals surface area contributed by atoms with E-state index in [1.807, 2.05) is 0 Å². The molecule has 0 spiro atoms. The molecule has 2 rings (SSSR count). The third-order valence-electron chi connectivity index (χ3n) is 3.53. The van der Waals surface area contributed by atoms with Crippen LogP contribution in [0.2, 0.25) is 0 Å². The Morgan fingerprint density at radius 1 is 1.42 bits per heavy atom. The lowest BCUT2D eigenvalue weighted by molar-refractivity contribution is -0.152. The SMILES string of the molecule is CC1(C(O)c2cnccc2C(F)(F)F)CCCCO1. The van der Waals surface area contributed by atoms with Gasteiger partial charge in [0.15, 0.2) is 0 Å². The molecule has 1 aromatic heterocycles. The number of hydrogen-bond donors (Lipinski definition) is 1. The van der Waals surface area contributed by atoms with Crippen LogP contribution in [0.1, 0.15) is 43.4 Å². The van der Waals surface area contributed by atoms with E-state index in [4.69, 9.17) is 4.74 Å². The van der Waals surface area contributed by atoms with Gasteiger partial charge < -0.3 is 9.84 Å². The zero-order valence-corrected chi connectivity index (χ0v) is 10.6. The molecule has 1 aliphatic rings. The van der Waals surface area contributed by atoms with E-state index in [1.54, 1.807) is 6.92 Å². The van der Waals surface area contributed by atoms with Crippen molar-refractivity contribution in [1.82, 2.24) is 4.98 Å². The number of halogens is 3. The summed E-state index contributed by atoms with van der Waals surface area (Å²) in [6.07, 6.45) is -1.49. The van der Waals surface area contributed by atoms with Gasteiger partial charge in [-0.05, 0) is 32.3 Å². The molecule has 0 saturated carbocycles. The average Bonchev–Trinajstić information content (AvgIpc) is 2.38. The zero-order chi connectivity index (χ0) is 14.1. The van der Waals surface area contributed by atoms with Crippen molar-refractivity contribution in [1.29, 1.82) is 0 Å². The number of alkyl halides is 3. The van der Waals surface area contributed by atoms with Crippen LogP contribution in [0.3, 0.4) is 0 Å². The third kappa shape index (κ3) is 2.90. The highest BCUT2D eigenvalue weighted by Crippen LogP contribution is 2.41. The monoisotopic (exact) mass is 275 g/mol. The maximum Gasteiger partial charge on any atom is 0.416 e. The zero-order valence-electron chi connectivity index (χ0n) is 10.6. The first kappa shape index (κ1) is 14.3. The first-order valence-corrected chi connectivity index (χ1v) is 6.18. The van der Waals surface area contributed by atoms with Crippen LogP contribution in [0, 0.1) is 0 Å². The molecule has 3 nitrogen and oxygen atoms in total. The predicted octanol–water partition coefficient (Wildman–Crippen LogP) is 3.09. The van der Waals surface area contributed by atoms with Crippen LogP contribution in [0.5, 0.6) is 0 Å². The lowest BCUT2D eigenvalue weighted by Gasteiger charge is -2.38. The van der Waals surface area contributed by atoms with Crippen molar-refractivity contribution < 1.29 is 23.0 Å². The number of nitrogens with zero attached hydrogens (tertiary/aromatic N) is 1. The van der Waals surface area contributed by atoms with Crippen LogP contribution in [-0.2, 0) is 10.9 Å². The van der Waals surface area contributed by atoms with Gasteiger partial charge in [0.25, 0.3) is 0 Å². The molecule has 0 amide bonds. The van der Waals surface area contributed by atoms with Crippen molar-refractivity contribution in [2.45, 2.75) is 44.1 Å². The topological polar surface area (TPSA) is 42.4 Å². The molecular weight excluding hydrogens is 259 g/mol. The van der Waals surface area contributed by atoms with E-state index in [2.05, 4.69) is 4.98 Å². The second kappa shape index (κ2) is 5.09. The fourth-order valence-corrected chi connectivity index (χ4v) is 2.38. The van der Waals surface area contributed by atoms with Gasteiger partial charge in [-0.3, -0.25) is 4.98 Å². The quantitative estimate of drug-likeness (QED) is 0.901. The van der Waals surface area contributed by atoms with Gasteiger partial charge >= 0.3 is 6.18 Å². The molecule has 0 aromatic carbocycles. The Kier molecular flexibility index (Phi) is 3.82. The maximum absolute atomic E-state index is 12.9. The fourth-order valence-electron chi connectivity index (χ4n) is 2.38. The summed E-state index contributed by atoms with van der Waals surface area (Å²) in [5.41, 5.74) is -2.06. The van der Waals surface area contributed by atoms with Crippen LogP contribution < -0.4 is 0 Å². The molecule has 0 bridgehead atoms. The van der Waals surface area contributed by atoms with E-state index >= 15 is 0 Å². The van der Waals surface area contributed by atoms with Gasteiger partial charge in [0.1, 0.15) is 6.10 Å². The van der Waals surface area contributed by atoms with Crippen LogP contribution in [0.4, 0.5) is 13.2 Å². The second-order valence-electron chi connectivity index (χ2n) is 4.98. The molecule has 106 valence electrons. The molecule has 1 N–H and O–H groups in total. The molecule has 2 unspecified atom stereocenters. The standard InChI is InChI=1S/C13H16F3NO2/c1-12(5-2-3-7-19-12)11(18)9-8-17-6-4-10(9)13(14,15)16/h4,6,8,11,18H,2-3,5,7H2,1H3. The predicted molar refractivity (Wildman–Crippen MR) is 62.4 cm³/mol. The molecule has 1 aliphatic heterocycles. The molecular formula is C13H16F3NO2. The first-order valence-electron chi connectivity index (χ1n) is 6.18. The Labute approximate surface area is 109 Å². The van der Waals surface area contributed by atoms with Crippen molar-refractivity contribution in [3.8, 4) is 0 Å². The molecule has 2 heterocycles. The molecule has 1 saturated heterocycles. The van der Waals surface area contributed by atoms with Crippen molar-refractivity contribution in [2.75, 3.05) is 6.61 Å². The number of hydrogen-bond acceptors (Lipinski definition) is 3. The lowest BCUT2D eigenvalue weighted by atomic mass is 9.85. The normalized spacial score (nSPS) is 26.2. The highest BCUT2D eigenvalue weighted by Gasteiger charge is 2.42. The van der Waals surface area contributed by atoms with Gasteiger partial charge in [-0.2, -0.15) is 13.2 Å². The number of rotatable bonds is 2. The number of pyridine rings is 1. The summed E-state index contributed by atoms with van der Waals surface area (Å²) in [4.78, 5) is 3.69. The van der Waals surface area contributed by atoms with Crippen molar-refractivity contribution in [2.24, 2.45) is 0 Å². The molecule has 0 aliphatic carbocycles. The fraction of sp³-hybridized carbons (Fsp3) is 0.615. The number of aliphatic hydroxyl groups excluding tert-OH is 1. The van der Waals surface area contributed by atoms with Crippen LogP contribution >= 0.6 is 0 Å². The van der Waals surface area contributed by atoms with E-state index < -0.39 is 23.4 Å². The van der Waals surface area contributed by atoms with Crippen LogP contribution in [-0.4, -0.2) is 22.3 Å². The van der Waals surface area contributed by atoms with Gasteiger partial charge in [0.2, 0.25) is 0 Å². The summed E-state index contributed by atoms with van der Waals surface area (Å²) in [6, 6.07) is 0.880. The van der Waals surface area contributed by atoms with Crippen LogP contribution in [0.25, 0.3) is 0 Å². The number of aliphatic hydroxyl groups is 1. The highest BCUT2D eigenvalue weighted by atomic mass is 19.4. The lowest BCUT2D eigenvalue weighted by Crippen LogP contribution is -2.40. The third-order valence-corrected chi connectivity index (χ3v) is 3.53. The van der Waals surface area contributed by atoms with Gasteiger partial charge in [0, 0.05) is 24.6 Å². The largest absolute Gasteiger partial charge is 0.416 e. The minimum absolute atomic E-state index is 0.223. The molecule has 2 atom stereocenters. The Hall–Kier alpha value is -1.14. The second-order valence-corrected chi connectivity index (χ2v) is 4.98. The van der Waals surface area contributed by atoms with Crippen molar-refractivity contribution in [3.05, 3.63) is 29.6 Å². The Balaban J connectivity index is 2.36. The van der Waals surface area contributed by atoms with E-state index in [-0.39, 0.29) is 5.56 Å². The smallest absolute Gasteiger partial charge is 0.385 e. The van der Waals surface area contributed by atoms with Crippen molar-refractivity contribution in [3.63, 3.8) is 0 Å². The van der Waals surface area contributed by atoms with E-state index in [1.165, 1.54) is 0 Å². The van der Waals surface area contributed by atoms with E-state index in [0.717, 1.165) is 31.3 Å². The minimum Gasteiger partial charge on any atom is -0.385 e. The molecule has 19 heavy (non-hydrogen) atoms. The summed E-state index contributed by atoms with van der Waals surface area (Å²) in [5.74, 6) is 0.